The number of halogens is 3. The molecule has 0 spiro atoms. The molecule has 0 aliphatic carbocycles. The van der Waals surface area contributed by atoms with E-state index in [4.69, 9.17) is 4.98 Å². The Labute approximate surface area is 188 Å². The first-order valence-electron chi connectivity index (χ1n) is 10.2. The van der Waals surface area contributed by atoms with Crippen LogP contribution in [0.25, 0.3) is 39.6 Å². The molecule has 0 atom stereocenters. The number of hydrogen-bond acceptors (Lipinski definition) is 2. The fraction of sp³-hybridized carbons (Fsp3) is 0. The van der Waals surface area contributed by atoms with Crippen molar-refractivity contribution in [1.82, 2.24) is 9.55 Å². The van der Waals surface area contributed by atoms with Crippen molar-refractivity contribution in [2.45, 2.75) is 0 Å². The minimum absolute atomic E-state index is 0.144. The second-order valence-electron chi connectivity index (χ2n) is 7.48. The highest BCUT2D eigenvalue weighted by Crippen LogP contribution is 2.40. The van der Waals surface area contributed by atoms with Crippen LogP contribution in [0.1, 0.15) is 0 Å². The first-order valence-corrected chi connectivity index (χ1v) is 10.2. The van der Waals surface area contributed by atoms with Crippen LogP contribution in [-0.2, 0) is 0 Å². The smallest absolute Gasteiger partial charge is 0.149 e. The van der Waals surface area contributed by atoms with E-state index in [1.54, 1.807) is 28.8 Å². The molecule has 5 rings (SSSR count). The average molecular weight is 442 g/mol. The summed E-state index contributed by atoms with van der Waals surface area (Å²) >= 11 is 0. The predicted molar refractivity (Wildman–Crippen MR) is 121 cm³/mol. The van der Waals surface area contributed by atoms with Crippen LogP contribution in [-0.4, -0.2) is 14.7 Å². The maximum atomic E-state index is 14.2. The second-order valence-corrected chi connectivity index (χ2v) is 7.48. The molecule has 0 unspecified atom stereocenters. The Morgan fingerprint density at radius 1 is 0.636 bits per heavy atom. The number of aromatic nitrogens is 2. The maximum Gasteiger partial charge on any atom is 0.149 e. The van der Waals surface area contributed by atoms with Crippen LogP contribution in [0, 0.1) is 17.5 Å². The van der Waals surface area contributed by atoms with E-state index in [1.807, 2.05) is 30.3 Å². The summed E-state index contributed by atoms with van der Waals surface area (Å²) in [7, 11) is 0. The van der Waals surface area contributed by atoms with Crippen molar-refractivity contribution >= 4 is 0 Å². The average Bonchev–Trinajstić information content (AvgIpc) is 3.22. The molecule has 3 nitrogen and oxygen atoms in total. The summed E-state index contributed by atoms with van der Waals surface area (Å²) in [5.74, 6) is -1.17. The molecular formula is C27H17F3N2O. The van der Waals surface area contributed by atoms with Crippen LogP contribution < -0.4 is 0 Å². The second kappa shape index (κ2) is 8.31. The molecule has 0 saturated carbocycles. The third kappa shape index (κ3) is 3.87. The Morgan fingerprint density at radius 2 is 1.21 bits per heavy atom. The fourth-order valence-corrected chi connectivity index (χ4v) is 3.80. The summed E-state index contributed by atoms with van der Waals surface area (Å²) in [6.07, 6.45) is 0. The molecule has 33 heavy (non-hydrogen) atoms. The van der Waals surface area contributed by atoms with Gasteiger partial charge in [0, 0.05) is 16.8 Å². The normalized spacial score (nSPS) is 11.0. The largest absolute Gasteiger partial charge is 0.507 e. The molecule has 6 heteroatoms. The molecule has 1 N–H and O–H groups in total. The maximum absolute atomic E-state index is 14.2. The number of nitrogens with zero attached hydrogens (tertiary/aromatic N) is 2. The third-order valence-corrected chi connectivity index (χ3v) is 5.33. The minimum atomic E-state index is -0.530. The van der Waals surface area contributed by atoms with Gasteiger partial charge in [0.1, 0.15) is 29.0 Å². The fourth-order valence-electron chi connectivity index (χ4n) is 3.80. The molecule has 0 aliphatic rings. The van der Waals surface area contributed by atoms with E-state index in [0.29, 0.717) is 28.2 Å². The molecule has 0 aliphatic heterocycles. The van der Waals surface area contributed by atoms with Gasteiger partial charge in [-0.3, -0.25) is 4.57 Å². The Hall–Kier alpha value is -4.32. The molecule has 1 aromatic heterocycles. The van der Waals surface area contributed by atoms with Gasteiger partial charge in [-0.1, -0.05) is 18.2 Å². The lowest BCUT2D eigenvalue weighted by atomic mass is 10.0. The van der Waals surface area contributed by atoms with E-state index < -0.39 is 17.5 Å². The molecule has 0 radical (unpaired) electrons. The number of para-hydroxylation sites is 1. The number of rotatable bonds is 4. The van der Waals surface area contributed by atoms with E-state index in [2.05, 4.69) is 0 Å². The van der Waals surface area contributed by atoms with Crippen LogP contribution in [0.2, 0.25) is 0 Å². The molecule has 0 fully saturated rings. The van der Waals surface area contributed by atoms with Crippen molar-refractivity contribution < 1.29 is 18.3 Å². The van der Waals surface area contributed by atoms with E-state index in [0.717, 1.165) is 6.07 Å². The highest BCUT2D eigenvalue weighted by atomic mass is 19.1. The number of hydrogen-bond donors (Lipinski definition) is 1. The first-order chi connectivity index (χ1) is 16.0. The first kappa shape index (κ1) is 20.6. The van der Waals surface area contributed by atoms with E-state index >= 15 is 0 Å². The summed E-state index contributed by atoms with van der Waals surface area (Å²) in [4.78, 5) is 4.78. The highest BCUT2D eigenvalue weighted by Gasteiger charge is 2.24. The van der Waals surface area contributed by atoms with Gasteiger partial charge in [0.2, 0.25) is 0 Å². The van der Waals surface area contributed by atoms with Crippen LogP contribution in [0.3, 0.4) is 0 Å². The Balaban J connectivity index is 1.90. The third-order valence-electron chi connectivity index (χ3n) is 5.33. The van der Waals surface area contributed by atoms with Crippen molar-refractivity contribution in [3.8, 4) is 45.3 Å². The number of aromatic hydroxyl groups is 1. The Morgan fingerprint density at radius 3 is 1.85 bits per heavy atom. The number of benzene rings is 4. The zero-order valence-corrected chi connectivity index (χ0v) is 17.2. The van der Waals surface area contributed by atoms with Crippen LogP contribution in [0.5, 0.6) is 5.75 Å². The molecule has 4 aromatic carbocycles. The zero-order chi connectivity index (χ0) is 22.9. The summed E-state index contributed by atoms with van der Waals surface area (Å²) in [6.45, 7) is 0. The Kier molecular flexibility index (Phi) is 5.18. The Bertz CT molecular complexity index is 1430. The van der Waals surface area contributed by atoms with Crippen molar-refractivity contribution in [2.24, 2.45) is 0 Å². The molecule has 1 heterocycles. The SMILES string of the molecule is Oc1ccc(F)cc1-c1nc(-c2ccc(F)cc2)c(-c2ccc(F)cc2)n1-c1ccccc1. The van der Waals surface area contributed by atoms with Crippen molar-refractivity contribution in [3.63, 3.8) is 0 Å². The lowest BCUT2D eigenvalue weighted by molar-refractivity contribution is 0.474. The number of imidazole rings is 1. The van der Waals surface area contributed by atoms with E-state index in [1.165, 1.54) is 36.4 Å². The molecule has 0 bridgehead atoms. The zero-order valence-electron chi connectivity index (χ0n) is 17.2. The van der Waals surface area contributed by atoms with Crippen molar-refractivity contribution in [3.05, 3.63) is 115 Å². The van der Waals surface area contributed by atoms with Gasteiger partial charge in [-0.05, 0) is 78.9 Å². The summed E-state index contributed by atoms with van der Waals surface area (Å²) in [5.41, 5.74) is 3.22. The minimum Gasteiger partial charge on any atom is -0.507 e. The van der Waals surface area contributed by atoms with E-state index in [9.17, 15) is 18.3 Å². The molecule has 0 amide bonds. The number of phenols is 1. The monoisotopic (exact) mass is 442 g/mol. The van der Waals surface area contributed by atoms with Gasteiger partial charge in [-0.25, -0.2) is 18.2 Å². The molecular weight excluding hydrogens is 425 g/mol. The summed E-state index contributed by atoms with van der Waals surface area (Å²) in [5, 5.41) is 10.6. The number of phenolic OH excluding ortho intramolecular Hbond substituents is 1. The highest BCUT2D eigenvalue weighted by molar-refractivity contribution is 5.85. The van der Waals surface area contributed by atoms with E-state index in [-0.39, 0.29) is 17.1 Å². The quantitative estimate of drug-likeness (QED) is 0.326. The standard InChI is InChI=1S/C27H17F3N2O/c28-19-10-6-17(7-11-19)25-26(18-8-12-20(29)13-9-18)32(22-4-2-1-3-5-22)27(31-25)23-16-21(30)14-15-24(23)33/h1-16,33H. The van der Waals surface area contributed by atoms with Gasteiger partial charge >= 0.3 is 0 Å². The molecule has 162 valence electrons. The predicted octanol–water partition coefficient (Wildman–Crippen LogP) is 7.00. The van der Waals surface area contributed by atoms with Crippen LogP contribution in [0.15, 0.2) is 97.1 Å². The van der Waals surface area contributed by atoms with Crippen molar-refractivity contribution in [2.75, 3.05) is 0 Å². The van der Waals surface area contributed by atoms with Crippen LogP contribution >= 0.6 is 0 Å². The van der Waals surface area contributed by atoms with Gasteiger partial charge in [0.05, 0.1) is 17.0 Å². The van der Waals surface area contributed by atoms with Gasteiger partial charge in [0.25, 0.3) is 0 Å². The molecule has 5 aromatic rings. The molecule has 0 saturated heterocycles. The lowest BCUT2D eigenvalue weighted by Gasteiger charge is -2.14. The van der Waals surface area contributed by atoms with Crippen LogP contribution in [0.4, 0.5) is 13.2 Å². The topological polar surface area (TPSA) is 38.1 Å². The van der Waals surface area contributed by atoms with Gasteiger partial charge in [-0.15, -0.1) is 0 Å². The summed E-state index contributed by atoms with van der Waals surface area (Å²) in [6, 6.07) is 24.6. The lowest BCUT2D eigenvalue weighted by Crippen LogP contribution is -2.00. The van der Waals surface area contributed by atoms with Gasteiger partial charge < -0.3 is 5.11 Å². The summed E-state index contributed by atoms with van der Waals surface area (Å²) < 4.78 is 43.3. The van der Waals surface area contributed by atoms with Gasteiger partial charge in [0.15, 0.2) is 0 Å². The van der Waals surface area contributed by atoms with Gasteiger partial charge in [-0.2, -0.15) is 0 Å². The van der Waals surface area contributed by atoms with Crippen molar-refractivity contribution in [1.29, 1.82) is 0 Å².